The third-order valence-electron chi connectivity index (χ3n) is 1.67. The van der Waals surface area contributed by atoms with Crippen molar-refractivity contribution in [3.63, 3.8) is 0 Å². The van der Waals surface area contributed by atoms with Gasteiger partial charge in [-0.2, -0.15) is 13.2 Å². The highest BCUT2D eigenvalue weighted by atomic mass is 19.4. The van der Waals surface area contributed by atoms with E-state index in [2.05, 4.69) is 0 Å². The Morgan fingerprint density at radius 1 is 1.00 bits per heavy atom. The van der Waals surface area contributed by atoms with Gasteiger partial charge in [-0.25, -0.2) is 8.78 Å². The van der Waals surface area contributed by atoms with Crippen LogP contribution in [0.1, 0.15) is 17.4 Å². The lowest BCUT2D eigenvalue weighted by molar-refractivity contribution is -0.140. The summed E-state index contributed by atoms with van der Waals surface area (Å²) >= 11 is 0. The lowest BCUT2D eigenvalue weighted by Gasteiger charge is -2.11. The minimum absolute atomic E-state index is 0.100. The van der Waals surface area contributed by atoms with Crippen molar-refractivity contribution in [1.82, 2.24) is 0 Å². The predicted molar refractivity (Wildman–Crippen MR) is 38.5 cm³/mol. The highest BCUT2D eigenvalue weighted by Gasteiger charge is 2.35. The van der Waals surface area contributed by atoms with Gasteiger partial charge in [0.05, 0.1) is 5.56 Å². The normalized spacial score (nSPS) is 12.3. The van der Waals surface area contributed by atoms with Crippen LogP contribution in [0.4, 0.5) is 22.0 Å². The number of halogens is 5. The predicted octanol–water partition coefficient (Wildman–Crippen LogP) is 1.97. The Balaban J connectivity index is 3.32. The summed E-state index contributed by atoms with van der Waals surface area (Å²) in [4.78, 5) is 0. The molecule has 0 aliphatic heterocycles. The molecule has 15 heavy (non-hydrogen) atoms. The van der Waals surface area contributed by atoms with Crippen LogP contribution in [0.25, 0.3) is 0 Å². The second-order valence-corrected chi connectivity index (χ2v) is 2.72. The molecule has 0 unspecified atom stereocenters. The highest BCUT2D eigenvalue weighted by molar-refractivity contribution is 5.28. The first-order valence-corrected chi connectivity index (χ1v) is 3.65. The molecule has 0 spiro atoms. The van der Waals surface area contributed by atoms with Gasteiger partial charge in [0.25, 0.3) is 0 Å². The van der Waals surface area contributed by atoms with E-state index in [9.17, 15) is 22.0 Å². The quantitative estimate of drug-likeness (QED) is 0.569. The average molecular weight is 228 g/mol. The van der Waals surface area contributed by atoms with Crippen LogP contribution in [0.2, 0.25) is 0 Å². The zero-order valence-corrected chi connectivity index (χ0v) is 7.02. The van der Waals surface area contributed by atoms with Crippen molar-refractivity contribution in [3.05, 3.63) is 34.9 Å². The Morgan fingerprint density at radius 3 is 1.93 bits per heavy atom. The molecule has 1 aromatic rings. The molecule has 0 heterocycles. The topological polar surface area (TPSA) is 40.5 Å². The van der Waals surface area contributed by atoms with Crippen molar-refractivity contribution in [2.75, 3.05) is 0 Å². The summed E-state index contributed by atoms with van der Waals surface area (Å²) in [5, 5.41) is 17.0. The Hall–Kier alpha value is -1.21. The summed E-state index contributed by atoms with van der Waals surface area (Å²) in [5.41, 5.74) is -2.73. The summed E-state index contributed by atoms with van der Waals surface area (Å²) in [6.07, 6.45) is -7.38. The second-order valence-electron chi connectivity index (χ2n) is 2.72. The Kier molecular flexibility index (Phi) is 2.96. The molecule has 84 valence electrons. The molecule has 0 bridgehead atoms. The summed E-state index contributed by atoms with van der Waals surface area (Å²) in [7, 11) is 0. The summed E-state index contributed by atoms with van der Waals surface area (Å²) in [5.74, 6) is -3.29. The Bertz CT molecular complexity index is 372. The smallest absolute Gasteiger partial charge is 0.364 e. The lowest BCUT2D eigenvalue weighted by Crippen LogP contribution is -2.11. The van der Waals surface area contributed by atoms with Crippen molar-refractivity contribution in [2.24, 2.45) is 0 Å². The number of rotatable bonds is 1. The fraction of sp³-hybridized carbons (Fsp3) is 0.250. The molecule has 0 aliphatic carbocycles. The van der Waals surface area contributed by atoms with E-state index in [1.54, 1.807) is 0 Å². The van der Waals surface area contributed by atoms with E-state index in [-0.39, 0.29) is 12.1 Å². The van der Waals surface area contributed by atoms with Crippen LogP contribution in [-0.4, -0.2) is 10.2 Å². The van der Waals surface area contributed by atoms with E-state index in [0.717, 1.165) is 0 Å². The first-order chi connectivity index (χ1) is 6.73. The molecule has 7 heteroatoms. The fourth-order valence-electron chi connectivity index (χ4n) is 0.977. The van der Waals surface area contributed by atoms with Crippen molar-refractivity contribution < 1.29 is 32.2 Å². The number of hydrogen-bond acceptors (Lipinski definition) is 2. The van der Waals surface area contributed by atoms with Crippen LogP contribution in [0.3, 0.4) is 0 Å². The summed E-state index contributed by atoms with van der Waals surface area (Å²) < 4.78 is 61.7. The molecule has 1 rings (SSSR count). The van der Waals surface area contributed by atoms with Gasteiger partial charge >= 0.3 is 6.18 Å². The van der Waals surface area contributed by atoms with E-state index in [0.29, 0.717) is 0 Å². The minimum Gasteiger partial charge on any atom is -0.364 e. The number of alkyl halides is 3. The zero-order chi connectivity index (χ0) is 11.8. The third kappa shape index (κ3) is 2.42. The molecule has 0 saturated heterocycles. The van der Waals surface area contributed by atoms with Crippen LogP contribution in [-0.2, 0) is 6.18 Å². The van der Waals surface area contributed by atoms with Crippen LogP contribution in [0.15, 0.2) is 12.1 Å². The van der Waals surface area contributed by atoms with Crippen molar-refractivity contribution in [2.45, 2.75) is 12.5 Å². The SMILES string of the molecule is OC(O)c1cc(F)c(C(F)(F)F)cc1F. The molecule has 2 nitrogen and oxygen atoms in total. The average Bonchev–Trinajstić information content (AvgIpc) is 2.06. The van der Waals surface area contributed by atoms with Gasteiger partial charge in [-0.15, -0.1) is 0 Å². The first-order valence-electron chi connectivity index (χ1n) is 3.65. The molecule has 0 aromatic heterocycles. The molecule has 0 amide bonds. The highest BCUT2D eigenvalue weighted by Crippen LogP contribution is 2.33. The van der Waals surface area contributed by atoms with Gasteiger partial charge in [0.15, 0.2) is 6.29 Å². The lowest BCUT2D eigenvalue weighted by atomic mass is 10.1. The molecule has 0 saturated carbocycles. The Labute approximate surface area is 80.6 Å². The van der Waals surface area contributed by atoms with Gasteiger partial charge in [0, 0.05) is 5.56 Å². The van der Waals surface area contributed by atoms with E-state index in [4.69, 9.17) is 10.2 Å². The van der Waals surface area contributed by atoms with E-state index >= 15 is 0 Å². The number of aliphatic hydroxyl groups excluding tert-OH is 1. The molecule has 0 atom stereocenters. The molecular weight excluding hydrogens is 223 g/mol. The van der Waals surface area contributed by atoms with Gasteiger partial charge in [0.1, 0.15) is 11.6 Å². The maximum absolute atomic E-state index is 12.8. The van der Waals surface area contributed by atoms with E-state index in [1.807, 2.05) is 0 Å². The van der Waals surface area contributed by atoms with Crippen LogP contribution in [0.5, 0.6) is 0 Å². The maximum Gasteiger partial charge on any atom is 0.419 e. The third-order valence-corrected chi connectivity index (χ3v) is 1.67. The van der Waals surface area contributed by atoms with E-state index in [1.165, 1.54) is 0 Å². The maximum atomic E-state index is 12.8. The molecule has 2 N–H and O–H groups in total. The van der Waals surface area contributed by atoms with E-state index < -0.39 is 35.2 Å². The fourth-order valence-corrected chi connectivity index (χ4v) is 0.977. The number of hydrogen-bond donors (Lipinski definition) is 2. The van der Waals surface area contributed by atoms with Gasteiger partial charge < -0.3 is 10.2 Å². The van der Waals surface area contributed by atoms with Crippen LogP contribution in [0, 0.1) is 11.6 Å². The molecule has 0 radical (unpaired) electrons. The van der Waals surface area contributed by atoms with Crippen LogP contribution >= 0.6 is 0 Å². The Morgan fingerprint density at radius 2 is 1.53 bits per heavy atom. The summed E-state index contributed by atoms with van der Waals surface area (Å²) in [6, 6.07) is -0.0209. The van der Waals surface area contributed by atoms with Crippen molar-refractivity contribution in [1.29, 1.82) is 0 Å². The molecule has 0 fully saturated rings. The first kappa shape index (κ1) is 11.9. The second kappa shape index (κ2) is 3.74. The van der Waals surface area contributed by atoms with Gasteiger partial charge in [-0.1, -0.05) is 0 Å². The molecule has 0 aliphatic rings. The molecule has 1 aromatic carbocycles. The van der Waals surface area contributed by atoms with Gasteiger partial charge in [0.2, 0.25) is 0 Å². The van der Waals surface area contributed by atoms with Crippen molar-refractivity contribution >= 4 is 0 Å². The molecular formula is C8H5F5O2. The van der Waals surface area contributed by atoms with Gasteiger partial charge in [-0.05, 0) is 12.1 Å². The zero-order valence-electron chi connectivity index (χ0n) is 7.02. The largest absolute Gasteiger partial charge is 0.419 e. The summed E-state index contributed by atoms with van der Waals surface area (Å²) in [6.45, 7) is 0. The van der Waals surface area contributed by atoms with Gasteiger partial charge in [-0.3, -0.25) is 0 Å². The minimum atomic E-state index is -5.02. The standard InChI is InChI=1S/C8H5F5O2/c9-5-2-4(8(11,12)13)6(10)1-3(5)7(14)15/h1-2,7,14-15H. The van der Waals surface area contributed by atoms with Crippen molar-refractivity contribution in [3.8, 4) is 0 Å². The monoisotopic (exact) mass is 228 g/mol. The number of aliphatic hydroxyl groups is 2. The van der Waals surface area contributed by atoms with Crippen LogP contribution < -0.4 is 0 Å². The number of benzene rings is 1.